The molecule has 140 valence electrons. The lowest BCUT2D eigenvalue weighted by atomic mass is 10.1. The number of carbonyl (C=O) groups excluding carboxylic acids is 1. The van der Waals surface area contributed by atoms with E-state index in [1.54, 1.807) is 23.8 Å². The monoisotopic (exact) mass is 372 g/mol. The molecule has 2 atom stereocenters. The lowest BCUT2D eigenvalue weighted by Gasteiger charge is -2.22. The molecule has 0 spiro atoms. The third-order valence-electron chi connectivity index (χ3n) is 5.25. The fourth-order valence-corrected chi connectivity index (χ4v) is 3.68. The quantitative estimate of drug-likeness (QED) is 0.755. The highest BCUT2D eigenvalue weighted by Crippen LogP contribution is 2.59. The summed E-state index contributed by atoms with van der Waals surface area (Å²) in [5.74, 6) is -4.13. The summed E-state index contributed by atoms with van der Waals surface area (Å²) in [7, 11) is 0. The van der Waals surface area contributed by atoms with E-state index >= 15 is 0 Å². The molecule has 0 radical (unpaired) electrons. The summed E-state index contributed by atoms with van der Waals surface area (Å²) in [5, 5.41) is 9.48. The number of halogens is 2. The average Bonchev–Trinajstić information content (AvgIpc) is 3.11. The molecule has 1 aliphatic carbocycles. The highest BCUT2D eigenvalue weighted by molar-refractivity contribution is 5.86. The Labute approximate surface area is 155 Å². The third-order valence-corrected chi connectivity index (χ3v) is 5.25. The Bertz CT molecular complexity index is 920. The fourth-order valence-electron chi connectivity index (χ4n) is 3.68. The van der Waals surface area contributed by atoms with E-state index < -0.39 is 23.7 Å². The Kier molecular flexibility index (Phi) is 4.10. The number of hydrogen-bond acceptors (Lipinski definition) is 5. The molecule has 2 fully saturated rings. The van der Waals surface area contributed by atoms with Crippen molar-refractivity contribution >= 4 is 11.7 Å². The maximum atomic E-state index is 13.4. The highest BCUT2D eigenvalue weighted by atomic mass is 19.3. The second kappa shape index (κ2) is 6.34. The van der Waals surface area contributed by atoms with Crippen molar-refractivity contribution in [1.82, 2.24) is 9.55 Å². The lowest BCUT2D eigenvalue weighted by molar-refractivity contribution is 0.0520. The van der Waals surface area contributed by atoms with Gasteiger partial charge < -0.3 is 14.2 Å². The second-order valence-corrected chi connectivity index (χ2v) is 6.90. The molecule has 6 nitrogen and oxygen atoms in total. The van der Waals surface area contributed by atoms with E-state index in [1.807, 2.05) is 17.0 Å². The molecule has 2 aromatic rings. The molecule has 1 saturated heterocycles. The summed E-state index contributed by atoms with van der Waals surface area (Å²) in [4.78, 5) is 17.6. The van der Waals surface area contributed by atoms with Crippen molar-refractivity contribution in [3.8, 4) is 6.07 Å². The number of anilines is 1. The number of benzene rings is 1. The number of carbonyl (C=O) groups is 1. The van der Waals surface area contributed by atoms with Gasteiger partial charge in [-0.05, 0) is 24.6 Å². The number of piperidine rings is 1. The first-order valence-electron chi connectivity index (χ1n) is 8.78. The lowest BCUT2D eigenvalue weighted by Crippen LogP contribution is -2.27. The predicted octanol–water partition coefficient (Wildman–Crippen LogP) is 2.68. The van der Waals surface area contributed by atoms with Gasteiger partial charge in [-0.2, -0.15) is 5.26 Å². The summed E-state index contributed by atoms with van der Waals surface area (Å²) in [6, 6.07) is 7.57. The minimum atomic E-state index is -2.52. The Morgan fingerprint density at radius 1 is 1.41 bits per heavy atom. The Hall–Kier alpha value is -2.95. The number of ether oxygens (including phenoxy) is 1. The molecule has 2 unspecified atom stereocenters. The topological polar surface area (TPSA) is 71.2 Å². The molecule has 27 heavy (non-hydrogen) atoms. The van der Waals surface area contributed by atoms with Crippen LogP contribution in [0.1, 0.15) is 28.5 Å². The molecular weight excluding hydrogens is 354 g/mol. The van der Waals surface area contributed by atoms with Crippen LogP contribution in [0.15, 0.2) is 30.7 Å². The van der Waals surface area contributed by atoms with Gasteiger partial charge in [-0.25, -0.2) is 18.6 Å². The highest BCUT2D eigenvalue weighted by Gasteiger charge is 2.71. The van der Waals surface area contributed by atoms with Gasteiger partial charge in [-0.3, -0.25) is 0 Å². The average molecular weight is 372 g/mol. The number of fused-ring (bicyclic) bond motifs is 1. The number of rotatable bonds is 5. The number of nitriles is 1. The molecule has 4 rings (SSSR count). The zero-order valence-electron chi connectivity index (χ0n) is 14.7. The Morgan fingerprint density at radius 2 is 2.15 bits per heavy atom. The number of aromatic nitrogens is 2. The van der Waals surface area contributed by atoms with Crippen molar-refractivity contribution in [3.63, 3.8) is 0 Å². The molecule has 1 aromatic carbocycles. The smallest absolute Gasteiger partial charge is 0.358 e. The molecule has 1 aliphatic heterocycles. The van der Waals surface area contributed by atoms with Gasteiger partial charge in [0.15, 0.2) is 5.69 Å². The van der Waals surface area contributed by atoms with Crippen LogP contribution in [-0.2, 0) is 11.3 Å². The molecule has 8 heteroatoms. The largest absolute Gasteiger partial charge is 0.461 e. The normalized spacial score (nSPS) is 22.2. The first-order chi connectivity index (χ1) is 12.9. The van der Waals surface area contributed by atoms with Crippen molar-refractivity contribution in [1.29, 1.82) is 5.26 Å². The van der Waals surface area contributed by atoms with Crippen LogP contribution in [-0.4, -0.2) is 41.1 Å². The summed E-state index contributed by atoms with van der Waals surface area (Å²) >= 11 is 0. The van der Waals surface area contributed by atoms with Crippen LogP contribution in [0.2, 0.25) is 0 Å². The minimum absolute atomic E-state index is 0.212. The van der Waals surface area contributed by atoms with Crippen molar-refractivity contribution in [2.75, 3.05) is 24.6 Å². The number of nitrogens with zero attached hydrogens (tertiary/aromatic N) is 4. The molecule has 0 bridgehead atoms. The van der Waals surface area contributed by atoms with Gasteiger partial charge in [0.25, 0.3) is 5.92 Å². The van der Waals surface area contributed by atoms with Gasteiger partial charge in [-0.1, -0.05) is 6.07 Å². The predicted molar refractivity (Wildman–Crippen MR) is 92.6 cm³/mol. The molecule has 2 heterocycles. The van der Waals surface area contributed by atoms with Crippen LogP contribution in [0, 0.1) is 23.2 Å². The maximum absolute atomic E-state index is 13.4. The van der Waals surface area contributed by atoms with Crippen molar-refractivity contribution in [2.24, 2.45) is 11.8 Å². The molecule has 1 saturated carbocycles. The second-order valence-electron chi connectivity index (χ2n) is 6.90. The number of alkyl halides is 2. The van der Waals surface area contributed by atoms with Crippen LogP contribution in [0.25, 0.3) is 0 Å². The first kappa shape index (κ1) is 17.5. The van der Waals surface area contributed by atoms with Crippen molar-refractivity contribution in [2.45, 2.75) is 19.4 Å². The minimum Gasteiger partial charge on any atom is -0.461 e. The van der Waals surface area contributed by atoms with E-state index in [0.717, 1.165) is 11.3 Å². The van der Waals surface area contributed by atoms with Crippen LogP contribution in [0.3, 0.4) is 0 Å². The Balaban J connectivity index is 1.48. The van der Waals surface area contributed by atoms with E-state index in [1.165, 1.54) is 6.33 Å². The fraction of sp³-hybridized carbons (Fsp3) is 0.421. The van der Waals surface area contributed by atoms with Gasteiger partial charge in [0.2, 0.25) is 0 Å². The van der Waals surface area contributed by atoms with Gasteiger partial charge >= 0.3 is 5.97 Å². The maximum Gasteiger partial charge on any atom is 0.358 e. The van der Waals surface area contributed by atoms with Gasteiger partial charge in [-0.15, -0.1) is 0 Å². The van der Waals surface area contributed by atoms with Gasteiger partial charge in [0.05, 0.1) is 36.4 Å². The van der Waals surface area contributed by atoms with Gasteiger partial charge in [0.1, 0.15) is 0 Å². The SMILES string of the molecule is CCOC(=O)c1cn(Cc2ccc(N3CC4C(C3)C4(F)F)cc2C#N)cn1. The van der Waals surface area contributed by atoms with Gasteiger partial charge in [0, 0.05) is 31.5 Å². The van der Waals surface area contributed by atoms with Crippen LogP contribution < -0.4 is 4.90 Å². The molecule has 1 aromatic heterocycles. The summed E-state index contributed by atoms with van der Waals surface area (Å²) in [5.41, 5.74) is 2.25. The number of imidazole rings is 1. The van der Waals surface area contributed by atoms with E-state index in [2.05, 4.69) is 11.1 Å². The Morgan fingerprint density at radius 3 is 2.81 bits per heavy atom. The summed E-state index contributed by atoms with van der Waals surface area (Å²) in [6.07, 6.45) is 3.08. The van der Waals surface area contributed by atoms with E-state index in [9.17, 15) is 18.8 Å². The zero-order chi connectivity index (χ0) is 19.2. The van der Waals surface area contributed by atoms with Crippen LogP contribution in [0.5, 0.6) is 0 Å². The van der Waals surface area contributed by atoms with Crippen LogP contribution in [0.4, 0.5) is 14.5 Å². The van der Waals surface area contributed by atoms with E-state index in [0.29, 0.717) is 25.2 Å². The summed E-state index contributed by atoms with van der Waals surface area (Å²) < 4.78 is 33.3. The van der Waals surface area contributed by atoms with E-state index in [-0.39, 0.29) is 12.3 Å². The molecule has 2 aliphatic rings. The standard InChI is InChI=1S/C19H18F2N4O2/c1-2-27-18(26)17-10-24(11-23-17)7-12-3-4-14(5-13(12)6-22)25-8-15-16(9-25)19(15,20)21/h3-5,10-11,15-16H,2,7-9H2,1H3. The zero-order valence-corrected chi connectivity index (χ0v) is 14.7. The molecular formula is C19H18F2N4O2. The number of esters is 1. The van der Waals surface area contributed by atoms with Crippen molar-refractivity contribution in [3.05, 3.63) is 47.5 Å². The first-order valence-corrected chi connectivity index (χ1v) is 8.78. The third kappa shape index (κ3) is 3.03. The molecule has 0 N–H and O–H groups in total. The van der Waals surface area contributed by atoms with Crippen molar-refractivity contribution < 1.29 is 18.3 Å². The number of hydrogen-bond donors (Lipinski definition) is 0. The van der Waals surface area contributed by atoms with Crippen LogP contribution >= 0.6 is 0 Å². The van der Waals surface area contributed by atoms with E-state index in [4.69, 9.17) is 4.74 Å². The summed E-state index contributed by atoms with van der Waals surface area (Å²) in [6.45, 7) is 3.02. The molecule has 0 amide bonds.